The molecule has 38 heavy (non-hydrogen) atoms. The molecule has 0 aromatic heterocycles. The molecule has 2 rings (SSSR count). The summed E-state index contributed by atoms with van der Waals surface area (Å²) in [7, 11) is 0. The van der Waals surface area contributed by atoms with Gasteiger partial charge in [0, 0.05) is 26.2 Å². The summed E-state index contributed by atoms with van der Waals surface area (Å²) in [6.45, 7) is 10.6. The number of nitrogens with one attached hydrogen (secondary N) is 2. The number of hydrogen-bond acceptors (Lipinski definition) is 6. The van der Waals surface area contributed by atoms with Gasteiger partial charge >= 0.3 is 12.0 Å². The zero-order valence-electron chi connectivity index (χ0n) is 23.7. The van der Waals surface area contributed by atoms with Crippen molar-refractivity contribution in [1.82, 2.24) is 20.4 Å². The molecule has 0 aromatic rings. The first-order valence-electron chi connectivity index (χ1n) is 14.3. The number of aliphatic hydroxyl groups is 2. The number of hydrogen-bond donors (Lipinski definition) is 5. The highest BCUT2D eigenvalue weighted by Gasteiger charge is 2.30. The number of carbonyl (C=O) groups excluding carboxylic acids is 1. The van der Waals surface area contributed by atoms with Crippen LogP contribution in [0.3, 0.4) is 0 Å². The summed E-state index contributed by atoms with van der Waals surface area (Å²) in [6, 6.07) is -1.49. The molecule has 5 N–H and O–H groups in total. The fourth-order valence-corrected chi connectivity index (χ4v) is 4.96. The molecule has 2 aliphatic rings. The third kappa shape index (κ3) is 11.6. The maximum atomic E-state index is 13.2. The molecular formula is C29H50N4O5. The number of carboxylic acids is 1. The van der Waals surface area contributed by atoms with Gasteiger partial charge in [-0.05, 0) is 49.9 Å². The van der Waals surface area contributed by atoms with Gasteiger partial charge in [0.05, 0.1) is 18.2 Å². The Morgan fingerprint density at radius 2 is 1.66 bits per heavy atom. The Hall–Kier alpha value is -2.36. The lowest BCUT2D eigenvalue weighted by Gasteiger charge is -2.35. The first kappa shape index (κ1) is 31.9. The molecule has 4 atom stereocenters. The molecule has 0 bridgehead atoms. The summed E-state index contributed by atoms with van der Waals surface area (Å²) >= 11 is 0. The number of urea groups is 1. The monoisotopic (exact) mass is 534 g/mol. The zero-order chi connectivity index (χ0) is 28.1. The van der Waals surface area contributed by atoms with Gasteiger partial charge in [-0.25, -0.2) is 4.79 Å². The van der Waals surface area contributed by atoms with E-state index in [9.17, 15) is 24.9 Å². The smallest absolute Gasteiger partial charge is 0.317 e. The molecule has 2 amide bonds. The average Bonchev–Trinajstić information content (AvgIpc) is 2.83. The standard InChI is InChI=1S/C29H50N4O5/c1-21(2)19-33(20-22(3)4)29(38)31-24(18-26(34)35)27(36)30-25(28(37)32-15-11-8-12-16-32)17-23-13-9-6-5-7-10-14-23/h5-6,9,13,17,21-24,27-28,30,36-37H,7-8,10-12,14-16,18-20H2,1-4H3,(H,31,38)(H,34,35)/b6-5-,13-9+,25-17+/t23-,24-,27?,28?/m0/s1. The van der Waals surface area contributed by atoms with Crippen LogP contribution in [0.5, 0.6) is 0 Å². The molecule has 1 heterocycles. The highest BCUT2D eigenvalue weighted by atomic mass is 16.4. The van der Waals surface area contributed by atoms with Crippen molar-refractivity contribution >= 4 is 12.0 Å². The van der Waals surface area contributed by atoms with E-state index in [4.69, 9.17) is 0 Å². The molecule has 0 saturated carbocycles. The Balaban J connectivity index is 2.27. The summed E-state index contributed by atoms with van der Waals surface area (Å²) in [4.78, 5) is 28.5. The van der Waals surface area contributed by atoms with Crippen molar-refractivity contribution in [2.24, 2.45) is 17.8 Å². The number of piperidine rings is 1. The molecular weight excluding hydrogens is 484 g/mol. The van der Waals surface area contributed by atoms with E-state index in [1.54, 1.807) is 4.90 Å². The van der Waals surface area contributed by atoms with Gasteiger partial charge in [0.25, 0.3) is 0 Å². The molecule has 0 aromatic carbocycles. The Morgan fingerprint density at radius 3 is 2.26 bits per heavy atom. The second kappa shape index (κ2) is 16.6. The fourth-order valence-electron chi connectivity index (χ4n) is 4.96. The van der Waals surface area contributed by atoms with E-state index in [2.05, 4.69) is 22.8 Å². The van der Waals surface area contributed by atoms with Gasteiger partial charge in [-0.3, -0.25) is 9.69 Å². The lowest BCUT2D eigenvalue weighted by molar-refractivity contribution is -0.138. The lowest BCUT2D eigenvalue weighted by Crippen LogP contribution is -2.56. The SMILES string of the molecule is CC(C)CN(CC(C)C)C(=O)N[C@@H](CC(=O)O)C(O)N/C(=C/[C@H]1/C=C/C=C\CCC1)C(O)N1CCCCC1. The van der Waals surface area contributed by atoms with Gasteiger partial charge in [0.1, 0.15) is 12.5 Å². The fraction of sp³-hybridized carbons (Fsp3) is 0.724. The first-order chi connectivity index (χ1) is 18.1. The van der Waals surface area contributed by atoms with Gasteiger partial charge in [-0.1, -0.05) is 64.5 Å². The highest BCUT2D eigenvalue weighted by molar-refractivity contribution is 5.76. The van der Waals surface area contributed by atoms with Crippen molar-refractivity contribution < 1.29 is 24.9 Å². The van der Waals surface area contributed by atoms with Crippen molar-refractivity contribution in [2.75, 3.05) is 26.2 Å². The first-order valence-corrected chi connectivity index (χ1v) is 14.3. The third-order valence-corrected chi connectivity index (χ3v) is 6.78. The minimum atomic E-state index is -1.40. The van der Waals surface area contributed by atoms with Crippen LogP contribution >= 0.6 is 0 Å². The number of nitrogens with zero attached hydrogens (tertiary/aromatic N) is 2. The number of carboxylic acid groups (broad SMARTS) is 1. The van der Waals surface area contributed by atoms with Crippen LogP contribution in [-0.4, -0.2) is 81.8 Å². The maximum absolute atomic E-state index is 13.2. The Morgan fingerprint density at radius 1 is 1.00 bits per heavy atom. The van der Waals surface area contributed by atoms with Crippen molar-refractivity contribution in [2.45, 2.75) is 91.1 Å². The maximum Gasteiger partial charge on any atom is 0.317 e. The number of amides is 2. The lowest BCUT2D eigenvalue weighted by atomic mass is 9.97. The van der Waals surface area contributed by atoms with Crippen LogP contribution in [-0.2, 0) is 4.79 Å². The molecule has 1 saturated heterocycles. The molecule has 0 radical (unpaired) electrons. The van der Waals surface area contributed by atoms with Crippen molar-refractivity contribution in [3.63, 3.8) is 0 Å². The van der Waals surface area contributed by atoms with E-state index in [0.29, 0.717) is 18.8 Å². The number of rotatable bonds is 13. The molecule has 9 heteroatoms. The van der Waals surface area contributed by atoms with E-state index in [1.165, 1.54) is 0 Å². The van der Waals surface area contributed by atoms with Crippen molar-refractivity contribution in [1.29, 1.82) is 0 Å². The molecule has 1 fully saturated rings. The van der Waals surface area contributed by atoms with E-state index < -0.39 is 36.9 Å². The van der Waals surface area contributed by atoms with Crippen LogP contribution in [0.1, 0.15) is 72.6 Å². The number of allylic oxidation sites excluding steroid dienone is 5. The quantitative estimate of drug-likeness (QED) is 0.228. The van der Waals surface area contributed by atoms with Crippen LogP contribution in [0, 0.1) is 17.8 Å². The van der Waals surface area contributed by atoms with Gasteiger partial charge in [-0.15, -0.1) is 0 Å². The predicted octanol–water partition coefficient (Wildman–Crippen LogP) is 3.66. The van der Waals surface area contributed by atoms with E-state index in [1.807, 2.05) is 50.8 Å². The topological polar surface area (TPSA) is 125 Å². The van der Waals surface area contributed by atoms with E-state index >= 15 is 0 Å². The molecule has 9 nitrogen and oxygen atoms in total. The number of aliphatic hydroxyl groups excluding tert-OH is 2. The highest BCUT2D eigenvalue weighted by Crippen LogP contribution is 2.21. The van der Waals surface area contributed by atoms with Gasteiger partial charge in [0.15, 0.2) is 0 Å². The molecule has 0 spiro atoms. The van der Waals surface area contributed by atoms with Crippen LogP contribution in [0.2, 0.25) is 0 Å². The molecule has 1 aliphatic carbocycles. The van der Waals surface area contributed by atoms with E-state index in [0.717, 1.165) is 51.6 Å². The van der Waals surface area contributed by atoms with Crippen LogP contribution in [0.4, 0.5) is 4.79 Å². The second-order valence-electron chi connectivity index (χ2n) is 11.4. The van der Waals surface area contributed by atoms with Crippen molar-refractivity contribution in [3.05, 3.63) is 36.1 Å². The van der Waals surface area contributed by atoms with Crippen LogP contribution in [0.15, 0.2) is 36.1 Å². The zero-order valence-corrected chi connectivity index (χ0v) is 23.7. The minimum absolute atomic E-state index is 0.0502. The normalized spacial score (nSPS) is 23.2. The molecule has 2 unspecified atom stereocenters. The summed E-state index contributed by atoms with van der Waals surface area (Å²) in [5, 5.41) is 37.8. The molecule has 1 aliphatic heterocycles. The Bertz CT molecular complexity index is 810. The largest absolute Gasteiger partial charge is 0.481 e. The number of likely N-dealkylation sites (tertiary alicyclic amines) is 1. The number of carbonyl (C=O) groups is 2. The summed E-state index contributed by atoms with van der Waals surface area (Å²) in [5.41, 5.74) is 0.435. The van der Waals surface area contributed by atoms with E-state index in [-0.39, 0.29) is 17.8 Å². The van der Waals surface area contributed by atoms with Crippen LogP contribution < -0.4 is 10.6 Å². The van der Waals surface area contributed by atoms with Gasteiger partial charge in [-0.2, -0.15) is 0 Å². The third-order valence-electron chi connectivity index (χ3n) is 6.78. The summed E-state index contributed by atoms with van der Waals surface area (Å²) < 4.78 is 0. The summed E-state index contributed by atoms with van der Waals surface area (Å²) in [6.07, 6.45) is 13.3. The number of aliphatic carboxylic acids is 1. The van der Waals surface area contributed by atoms with Gasteiger partial charge < -0.3 is 30.9 Å². The van der Waals surface area contributed by atoms with Gasteiger partial charge in [0.2, 0.25) is 0 Å². The molecule has 216 valence electrons. The summed E-state index contributed by atoms with van der Waals surface area (Å²) in [5.74, 6) is -0.607. The Labute approximate surface area is 228 Å². The minimum Gasteiger partial charge on any atom is -0.481 e. The predicted molar refractivity (Wildman–Crippen MR) is 150 cm³/mol. The van der Waals surface area contributed by atoms with Crippen molar-refractivity contribution in [3.8, 4) is 0 Å². The van der Waals surface area contributed by atoms with Crippen LogP contribution in [0.25, 0.3) is 0 Å². The Kier molecular flexibility index (Phi) is 13.9. The second-order valence-corrected chi connectivity index (χ2v) is 11.4. The average molecular weight is 535 g/mol.